The summed E-state index contributed by atoms with van der Waals surface area (Å²) in [4.78, 5) is 12.0. The van der Waals surface area contributed by atoms with Crippen LogP contribution in [-0.4, -0.2) is 44.3 Å². The highest BCUT2D eigenvalue weighted by atomic mass is 32.2. The number of anilines is 1. The Morgan fingerprint density at radius 2 is 2.00 bits per heavy atom. The predicted octanol–water partition coefficient (Wildman–Crippen LogP) is 1.50. The zero-order chi connectivity index (χ0) is 17.4. The van der Waals surface area contributed by atoms with Crippen LogP contribution in [0.15, 0.2) is 34.7 Å². The average molecular weight is 370 g/mol. The molecule has 2 N–H and O–H groups in total. The van der Waals surface area contributed by atoms with Crippen molar-refractivity contribution in [3.8, 4) is 0 Å². The van der Waals surface area contributed by atoms with Gasteiger partial charge in [0.2, 0.25) is 9.47 Å². The van der Waals surface area contributed by atoms with Gasteiger partial charge in [0.25, 0.3) is 15.9 Å². The molecule has 0 fully saturated rings. The maximum absolute atomic E-state index is 12.1. The van der Waals surface area contributed by atoms with Crippen LogP contribution in [0.5, 0.6) is 0 Å². The fourth-order valence-corrected chi connectivity index (χ4v) is 3.72. The fraction of sp³-hybridized carbons (Fsp3) is 0.357. The number of nitrogens with one attached hydrogen (secondary N) is 2. The Balaban J connectivity index is 1.93. The highest BCUT2D eigenvalue weighted by molar-refractivity contribution is 7.91. The number of aromatic nitrogens is 2. The first kappa shape index (κ1) is 18.5. The molecule has 24 heavy (non-hydrogen) atoms. The fourth-order valence-electron chi connectivity index (χ4n) is 1.71. The van der Waals surface area contributed by atoms with Gasteiger partial charge in [0.05, 0.1) is 0 Å². The molecular weight excluding hydrogens is 352 g/mol. The first-order valence-corrected chi connectivity index (χ1v) is 9.60. The molecule has 0 saturated carbocycles. The van der Waals surface area contributed by atoms with E-state index in [0.29, 0.717) is 25.2 Å². The van der Waals surface area contributed by atoms with Gasteiger partial charge in [-0.1, -0.05) is 29.5 Å². The molecule has 0 aliphatic carbocycles. The third-order valence-corrected chi connectivity index (χ3v) is 5.52. The second kappa shape index (κ2) is 8.83. The molecule has 0 radical (unpaired) electrons. The summed E-state index contributed by atoms with van der Waals surface area (Å²) in [7, 11) is -3.74. The second-order valence-corrected chi connectivity index (χ2v) is 7.56. The maximum Gasteiger partial charge on any atom is 0.269 e. The largest absolute Gasteiger partial charge is 0.382 e. The van der Waals surface area contributed by atoms with Crippen LogP contribution in [0.1, 0.15) is 23.7 Å². The molecule has 130 valence electrons. The molecule has 2 rings (SSSR count). The predicted molar refractivity (Wildman–Crippen MR) is 90.6 cm³/mol. The van der Waals surface area contributed by atoms with Crippen molar-refractivity contribution < 1.29 is 17.9 Å². The molecule has 1 heterocycles. The molecule has 0 saturated heterocycles. The minimum absolute atomic E-state index is 0.124. The number of carbonyl (C=O) groups excluding carboxylic acids is 1. The van der Waals surface area contributed by atoms with Crippen LogP contribution in [-0.2, 0) is 14.8 Å². The molecule has 0 bridgehead atoms. The van der Waals surface area contributed by atoms with Crippen LogP contribution in [0.25, 0.3) is 0 Å². The summed E-state index contributed by atoms with van der Waals surface area (Å²) < 4.78 is 31.5. The van der Waals surface area contributed by atoms with Crippen molar-refractivity contribution in [1.82, 2.24) is 14.9 Å². The Labute approximate surface area is 144 Å². The second-order valence-electron chi connectivity index (χ2n) is 4.64. The lowest BCUT2D eigenvalue weighted by Gasteiger charge is -2.03. The minimum Gasteiger partial charge on any atom is -0.382 e. The van der Waals surface area contributed by atoms with Gasteiger partial charge in [0.1, 0.15) is 0 Å². The van der Waals surface area contributed by atoms with Gasteiger partial charge in [-0.15, -0.1) is 10.2 Å². The van der Waals surface area contributed by atoms with E-state index in [1.54, 1.807) is 30.3 Å². The summed E-state index contributed by atoms with van der Waals surface area (Å²) in [5.41, 5.74) is 0.450. The molecule has 0 spiro atoms. The summed E-state index contributed by atoms with van der Waals surface area (Å²) in [5.74, 6) is -0.375. The molecule has 8 nitrogen and oxygen atoms in total. The number of carbonyl (C=O) groups is 1. The van der Waals surface area contributed by atoms with Crippen LogP contribution in [0.2, 0.25) is 0 Å². The van der Waals surface area contributed by atoms with Crippen molar-refractivity contribution in [3.05, 3.63) is 35.9 Å². The van der Waals surface area contributed by atoms with Crippen molar-refractivity contribution in [2.75, 3.05) is 25.1 Å². The van der Waals surface area contributed by atoms with Gasteiger partial charge in [0.15, 0.2) is 0 Å². The third-order valence-electron chi connectivity index (χ3n) is 2.85. The van der Waals surface area contributed by atoms with Crippen LogP contribution < -0.4 is 10.0 Å². The van der Waals surface area contributed by atoms with E-state index >= 15 is 0 Å². The minimum atomic E-state index is -3.74. The number of nitrogens with zero attached hydrogens (tertiary/aromatic N) is 2. The number of amides is 1. The Morgan fingerprint density at radius 1 is 1.25 bits per heavy atom. The molecule has 1 amide bonds. The van der Waals surface area contributed by atoms with E-state index in [0.717, 1.165) is 11.3 Å². The van der Waals surface area contributed by atoms with Crippen molar-refractivity contribution in [1.29, 1.82) is 0 Å². The third kappa shape index (κ3) is 5.34. The molecular formula is C14H18N4O4S2. The van der Waals surface area contributed by atoms with E-state index in [4.69, 9.17) is 4.74 Å². The van der Waals surface area contributed by atoms with E-state index in [9.17, 15) is 13.2 Å². The van der Waals surface area contributed by atoms with Gasteiger partial charge < -0.3 is 4.74 Å². The molecule has 10 heteroatoms. The number of hydrogen-bond donors (Lipinski definition) is 2. The topological polar surface area (TPSA) is 110 Å². The lowest BCUT2D eigenvalue weighted by molar-refractivity contribution is 0.102. The van der Waals surface area contributed by atoms with Crippen LogP contribution in [0.3, 0.4) is 0 Å². The van der Waals surface area contributed by atoms with E-state index < -0.39 is 10.0 Å². The lowest BCUT2D eigenvalue weighted by Crippen LogP contribution is -2.25. The Bertz CT molecular complexity index is 762. The summed E-state index contributed by atoms with van der Waals surface area (Å²) in [6.07, 6.45) is 0.559. The van der Waals surface area contributed by atoms with Crippen molar-refractivity contribution in [2.24, 2.45) is 0 Å². The molecule has 1 aromatic heterocycles. The zero-order valence-electron chi connectivity index (χ0n) is 13.1. The number of ether oxygens (including phenoxy) is 1. The van der Waals surface area contributed by atoms with E-state index in [1.807, 2.05) is 6.92 Å². The molecule has 2 aromatic rings. The maximum atomic E-state index is 12.1. The number of rotatable bonds is 9. The van der Waals surface area contributed by atoms with Crippen LogP contribution in [0, 0.1) is 0 Å². The quantitative estimate of drug-likeness (QED) is 0.511. The highest BCUT2D eigenvalue weighted by Gasteiger charge is 2.20. The zero-order valence-corrected chi connectivity index (χ0v) is 14.7. The van der Waals surface area contributed by atoms with Crippen molar-refractivity contribution in [3.63, 3.8) is 0 Å². The first-order valence-electron chi connectivity index (χ1n) is 7.30. The summed E-state index contributed by atoms with van der Waals surface area (Å²) in [5, 5.41) is 9.97. The average Bonchev–Trinajstić information content (AvgIpc) is 3.05. The normalized spacial score (nSPS) is 11.4. The standard InChI is InChI=1S/C14H18N4O4S2/c1-2-22-10-6-9-15-24(20,21)14-18-17-13(23-14)16-12(19)11-7-4-3-5-8-11/h3-5,7-8,15H,2,6,9-10H2,1H3,(H,16,17,19). The van der Waals surface area contributed by atoms with Gasteiger partial charge in [-0.05, 0) is 25.5 Å². The Kier molecular flexibility index (Phi) is 6.79. The smallest absolute Gasteiger partial charge is 0.269 e. The first-order chi connectivity index (χ1) is 11.5. The van der Waals surface area contributed by atoms with Gasteiger partial charge in [-0.25, -0.2) is 13.1 Å². The van der Waals surface area contributed by atoms with Gasteiger partial charge in [0, 0.05) is 25.3 Å². The van der Waals surface area contributed by atoms with E-state index in [-0.39, 0.29) is 21.9 Å². The molecule has 1 aromatic carbocycles. The van der Waals surface area contributed by atoms with Crippen molar-refractivity contribution in [2.45, 2.75) is 17.7 Å². The Morgan fingerprint density at radius 3 is 2.71 bits per heavy atom. The highest BCUT2D eigenvalue weighted by Crippen LogP contribution is 2.20. The number of benzene rings is 1. The van der Waals surface area contributed by atoms with E-state index in [1.165, 1.54) is 0 Å². The lowest BCUT2D eigenvalue weighted by atomic mass is 10.2. The van der Waals surface area contributed by atoms with E-state index in [2.05, 4.69) is 20.2 Å². The summed E-state index contributed by atoms with van der Waals surface area (Å²) in [6.45, 7) is 3.19. The van der Waals surface area contributed by atoms with Gasteiger partial charge in [-0.3, -0.25) is 10.1 Å². The van der Waals surface area contributed by atoms with Crippen LogP contribution in [0.4, 0.5) is 5.13 Å². The number of sulfonamides is 1. The molecule has 0 aliphatic rings. The summed E-state index contributed by atoms with van der Waals surface area (Å²) in [6, 6.07) is 8.56. The number of hydrogen-bond acceptors (Lipinski definition) is 7. The Hall–Kier alpha value is -1.88. The van der Waals surface area contributed by atoms with Gasteiger partial charge >= 0.3 is 0 Å². The molecule has 0 atom stereocenters. The summed E-state index contributed by atoms with van der Waals surface area (Å²) >= 11 is 0.795. The van der Waals surface area contributed by atoms with Crippen LogP contribution >= 0.6 is 11.3 Å². The molecule has 0 aliphatic heterocycles. The monoisotopic (exact) mass is 370 g/mol. The SMILES string of the molecule is CCOCCCNS(=O)(=O)c1nnc(NC(=O)c2ccccc2)s1. The van der Waals surface area contributed by atoms with Crippen molar-refractivity contribution >= 4 is 32.4 Å². The van der Waals surface area contributed by atoms with Gasteiger partial charge in [-0.2, -0.15) is 0 Å². The molecule has 0 unspecified atom stereocenters.